The van der Waals surface area contributed by atoms with Crippen molar-refractivity contribution in [2.24, 2.45) is 0 Å². The topological polar surface area (TPSA) is 156 Å². The summed E-state index contributed by atoms with van der Waals surface area (Å²) in [5.41, 5.74) is 0.971. The van der Waals surface area contributed by atoms with E-state index in [0.29, 0.717) is 53.4 Å². The van der Waals surface area contributed by atoms with Crippen molar-refractivity contribution in [2.75, 3.05) is 62.3 Å². The van der Waals surface area contributed by atoms with Gasteiger partial charge in [-0.1, -0.05) is 11.6 Å². The van der Waals surface area contributed by atoms with Gasteiger partial charge < -0.3 is 34.6 Å². The molecule has 15 heteroatoms. The van der Waals surface area contributed by atoms with Crippen LogP contribution >= 0.6 is 11.6 Å². The molecule has 242 valence electrons. The molecule has 0 bridgehead atoms. The van der Waals surface area contributed by atoms with Crippen LogP contribution in [0.4, 0.5) is 45.0 Å². The van der Waals surface area contributed by atoms with E-state index in [4.69, 9.17) is 25.8 Å². The van der Waals surface area contributed by atoms with E-state index in [1.54, 1.807) is 45.0 Å². The number of nitro groups is 1. The molecule has 0 spiro atoms. The Hall–Kier alpha value is -4.56. The van der Waals surface area contributed by atoms with E-state index >= 15 is 0 Å². The molecule has 1 fully saturated rings. The number of anilines is 6. The van der Waals surface area contributed by atoms with Gasteiger partial charge in [0, 0.05) is 37.0 Å². The van der Waals surface area contributed by atoms with E-state index in [0.717, 1.165) is 12.8 Å². The molecule has 1 saturated heterocycles. The Kier molecular flexibility index (Phi) is 10.4. The molecule has 3 aromatic rings. The number of aromatic nitrogens is 2. The van der Waals surface area contributed by atoms with Crippen LogP contribution in [0.15, 0.2) is 36.5 Å². The molecule has 1 aromatic heterocycles. The smallest absolute Gasteiger partial charge is 0.412 e. The van der Waals surface area contributed by atoms with Gasteiger partial charge in [-0.05, 0) is 65.9 Å². The highest BCUT2D eigenvalue weighted by Gasteiger charge is 2.28. The maximum absolute atomic E-state index is 12.3. The largest absolute Gasteiger partial charge is 0.495 e. The fourth-order valence-corrected chi connectivity index (χ4v) is 5.05. The zero-order chi connectivity index (χ0) is 32.9. The minimum absolute atomic E-state index is 0.0621. The van der Waals surface area contributed by atoms with Gasteiger partial charge in [0.25, 0.3) is 5.69 Å². The molecule has 0 saturated carbocycles. The van der Waals surface area contributed by atoms with Crippen molar-refractivity contribution in [1.29, 1.82) is 0 Å². The molecule has 3 N–H and O–H groups in total. The van der Waals surface area contributed by atoms with E-state index < -0.39 is 16.6 Å². The number of nitrogens with one attached hydrogen (secondary N) is 3. The molecule has 4 rings (SSSR count). The third-order valence-electron chi connectivity index (χ3n) is 7.12. The summed E-state index contributed by atoms with van der Waals surface area (Å²) in [5.74, 6) is 1.17. The van der Waals surface area contributed by atoms with Crippen LogP contribution in [0.3, 0.4) is 0 Å². The molecular formula is C30H39ClN8O6. The predicted octanol–water partition coefficient (Wildman–Crippen LogP) is 6.42. The SMILES string of the molecule is COc1cc(N2CCC(N(C)C)CC2)c([N+](=O)[O-])cc1Nc1ncc(Cl)c(Nc2cc(NC(=O)OC(C)(C)C)ccc2OC)n1. The zero-order valence-electron chi connectivity index (χ0n) is 26.4. The molecule has 1 aliphatic rings. The van der Waals surface area contributed by atoms with Crippen molar-refractivity contribution in [2.45, 2.75) is 45.3 Å². The first kappa shape index (κ1) is 33.3. The molecule has 2 heterocycles. The molecule has 1 amide bonds. The van der Waals surface area contributed by atoms with E-state index in [1.807, 2.05) is 19.0 Å². The van der Waals surface area contributed by atoms with Crippen molar-refractivity contribution >= 4 is 57.9 Å². The molecule has 0 atom stereocenters. The monoisotopic (exact) mass is 642 g/mol. The van der Waals surface area contributed by atoms with Crippen LogP contribution in [-0.4, -0.2) is 78.9 Å². The number of amides is 1. The molecule has 1 aliphatic heterocycles. The number of carbonyl (C=O) groups excluding carboxylic acids is 1. The summed E-state index contributed by atoms with van der Waals surface area (Å²) >= 11 is 6.43. The Morgan fingerprint density at radius 2 is 1.73 bits per heavy atom. The van der Waals surface area contributed by atoms with E-state index in [2.05, 4.69) is 30.8 Å². The third-order valence-corrected chi connectivity index (χ3v) is 7.39. The van der Waals surface area contributed by atoms with Gasteiger partial charge in [0.1, 0.15) is 27.8 Å². The number of rotatable bonds is 10. The Morgan fingerprint density at radius 1 is 1.07 bits per heavy atom. The second-order valence-electron chi connectivity index (χ2n) is 11.7. The van der Waals surface area contributed by atoms with Crippen LogP contribution < -0.4 is 30.3 Å². The molecule has 45 heavy (non-hydrogen) atoms. The number of hydrogen-bond donors (Lipinski definition) is 3. The standard InChI is InChI=1S/C30H39ClN8O6/c1-30(2,3)45-29(40)33-18-8-9-25(43-6)21(14-18)34-27-20(31)17-32-28(36-27)35-22-15-24(39(41)42)23(16-26(22)44-7)38-12-10-19(11-13-38)37(4)5/h8-9,14-17,19H,10-13H2,1-7H3,(H,33,40)(H2,32,34,35,36). The first-order chi connectivity index (χ1) is 21.3. The van der Waals surface area contributed by atoms with Crippen LogP contribution in [0.2, 0.25) is 5.02 Å². The maximum Gasteiger partial charge on any atom is 0.412 e. The highest BCUT2D eigenvalue weighted by molar-refractivity contribution is 6.33. The summed E-state index contributed by atoms with van der Waals surface area (Å²) in [6.07, 6.45) is 2.56. The summed E-state index contributed by atoms with van der Waals surface area (Å²) in [6, 6.07) is 8.48. The zero-order valence-corrected chi connectivity index (χ0v) is 27.2. The van der Waals surface area contributed by atoms with Crippen LogP contribution in [0, 0.1) is 10.1 Å². The lowest BCUT2D eigenvalue weighted by Crippen LogP contribution is -2.42. The Bertz CT molecular complexity index is 1540. The highest BCUT2D eigenvalue weighted by Crippen LogP contribution is 2.41. The Labute approximate surface area is 267 Å². The first-order valence-electron chi connectivity index (χ1n) is 14.3. The van der Waals surface area contributed by atoms with E-state index in [-0.39, 0.29) is 22.5 Å². The van der Waals surface area contributed by atoms with Crippen LogP contribution in [0.5, 0.6) is 11.5 Å². The average Bonchev–Trinajstić information content (AvgIpc) is 2.97. The summed E-state index contributed by atoms with van der Waals surface area (Å²) < 4.78 is 16.4. The normalized spacial score (nSPS) is 13.8. The summed E-state index contributed by atoms with van der Waals surface area (Å²) in [6.45, 7) is 6.69. The van der Waals surface area contributed by atoms with Crippen molar-refractivity contribution < 1.29 is 23.9 Å². The van der Waals surface area contributed by atoms with Gasteiger partial charge in [-0.25, -0.2) is 9.78 Å². The van der Waals surface area contributed by atoms with Crippen molar-refractivity contribution in [3.8, 4) is 11.5 Å². The Morgan fingerprint density at radius 3 is 2.33 bits per heavy atom. The quantitative estimate of drug-likeness (QED) is 0.165. The lowest BCUT2D eigenvalue weighted by atomic mass is 10.0. The van der Waals surface area contributed by atoms with Crippen molar-refractivity contribution in [3.63, 3.8) is 0 Å². The maximum atomic E-state index is 12.3. The molecule has 14 nitrogen and oxygen atoms in total. The highest BCUT2D eigenvalue weighted by atomic mass is 35.5. The molecule has 0 radical (unpaired) electrons. The van der Waals surface area contributed by atoms with Gasteiger partial charge in [-0.3, -0.25) is 15.4 Å². The number of carbonyl (C=O) groups is 1. The van der Waals surface area contributed by atoms with Crippen LogP contribution in [0.1, 0.15) is 33.6 Å². The van der Waals surface area contributed by atoms with E-state index in [1.165, 1.54) is 26.5 Å². The van der Waals surface area contributed by atoms with Crippen molar-refractivity contribution in [1.82, 2.24) is 14.9 Å². The number of nitro benzene ring substituents is 1. The number of benzene rings is 2. The number of piperidine rings is 1. The number of hydrogen-bond acceptors (Lipinski definition) is 12. The van der Waals surface area contributed by atoms with Crippen molar-refractivity contribution in [3.05, 3.63) is 51.7 Å². The van der Waals surface area contributed by atoms with Gasteiger partial charge in [-0.15, -0.1) is 0 Å². The fourth-order valence-electron chi connectivity index (χ4n) is 4.91. The third kappa shape index (κ3) is 8.54. The number of ether oxygens (including phenoxy) is 3. The minimum atomic E-state index is -0.665. The number of methoxy groups -OCH3 is 2. The fraction of sp³-hybridized carbons (Fsp3) is 0.433. The minimum Gasteiger partial charge on any atom is -0.495 e. The van der Waals surface area contributed by atoms with Gasteiger partial charge in [0.05, 0.1) is 36.7 Å². The summed E-state index contributed by atoms with van der Waals surface area (Å²) in [7, 11) is 7.09. The lowest BCUT2D eigenvalue weighted by molar-refractivity contribution is -0.384. The molecule has 2 aromatic carbocycles. The lowest BCUT2D eigenvalue weighted by Gasteiger charge is -2.36. The first-order valence-corrected chi connectivity index (χ1v) is 14.7. The summed E-state index contributed by atoms with van der Waals surface area (Å²) in [5, 5.41) is 21.2. The van der Waals surface area contributed by atoms with Crippen LogP contribution in [0.25, 0.3) is 0 Å². The predicted molar refractivity (Wildman–Crippen MR) is 175 cm³/mol. The molecule has 0 unspecified atom stereocenters. The second kappa shape index (κ2) is 14.0. The average molecular weight is 643 g/mol. The summed E-state index contributed by atoms with van der Waals surface area (Å²) in [4.78, 5) is 37.0. The number of nitrogens with zero attached hydrogens (tertiary/aromatic N) is 5. The number of halogens is 1. The van der Waals surface area contributed by atoms with Gasteiger partial charge >= 0.3 is 6.09 Å². The van der Waals surface area contributed by atoms with Gasteiger partial charge in [0.15, 0.2) is 5.82 Å². The van der Waals surface area contributed by atoms with E-state index in [9.17, 15) is 14.9 Å². The van der Waals surface area contributed by atoms with Crippen LogP contribution in [-0.2, 0) is 4.74 Å². The van der Waals surface area contributed by atoms with Gasteiger partial charge in [-0.2, -0.15) is 4.98 Å². The Balaban J connectivity index is 1.59. The molecule has 0 aliphatic carbocycles. The van der Waals surface area contributed by atoms with Gasteiger partial charge in [0.2, 0.25) is 5.95 Å². The second-order valence-corrected chi connectivity index (χ2v) is 12.1. The molecular weight excluding hydrogens is 604 g/mol.